The maximum absolute atomic E-state index is 12.8. The summed E-state index contributed by atoms with van der Waals surface area (Å²) in [5.41, 5.74) is 0. The quantitative estimate of drug-likeness (QED) is 0.0445. The first-order valence-corrected chi connectivity index (χ1v) is 21.8. The molecule has 0 spiro atoms. The normalized spacial score (nSPS) is 29.6. The summed E-state index contributed by atoms with van der Waals surface area (Å²) in [6.45, 7) is 2.66. The van der Waals surface area contributed by atoms with Crippen LogP contribution >= 0.6 is 0 Å². The van der Waals surface area contributed by atoms with Gasteiger partial charge in [0.2, 0.25) is 5.91 Å². The van der Waals surface area contributed by atoms with E-state index in [1.165, 1.54) is 89.9 Å². The highest BCUT2D eigenvalue weighted by molar-refractivity contribution is 5.76. The standard InChI is InChI=1S/C41H79NO13/c1-3-5-7-8-9-10-11-12-13-14-15-16-17-18-19-20-21-23-24-30(45)29(42-33(46)25-22-6-4-2)28-52-40-38(51)36(49)39(32(27-44)54-40)55-41-37(50)35(48)34(47)31(26-43)53-41/h29-32,34-41,43-45,47-51H,3-28H2,1-2H3,(H,42,46). The molecule has 55 heavy (non-hydrogen) atoms. The van der Waals surface area contributed by atoms with Crippen LogP contribution in [0.5, 0.6) is 0 Å². The first kappa shape index (κ1) is 50.1. The van der Waals surface area contributed by atoms with E-state index in [9.17, 15) is 45.6 Å². The van der Waals surface area contributed by atoms with Gasteiger partial charge in [-0.1, -0.05) is 142 Å². The van der Waals surface area contributed by atoms with Gasteiger partial charge < -0.3 is 65.1 Å². The van der Waals surface area contributed by atoms with Crippen molar-refractivity contribution in [3.63, 3.8) is 0 Å². The highest BCUT2D eigenvalue weighted by Crippen LogP contribution is 2.30. The molecule has 14 nitrogen and oxygen atoms in total. The lowest BCUT2D eigenvalue weighted by Crippen LogP contribution is -2.65. The zero-order chi connectivity index (χ0) is 40.4. The topological polar surface area (TPSA) is 228 Å². The predicted molar refractivity (Wildman–Crippen MR) is 208 cm³/mol. The van der Waals surface area contributed by atoms with E-state index in [0.29, 0.717) is 19.3 Å². The fourth-order valence-electron chi connectivity index (χ4n) is 7.41. The van der Waals surface area contributed by atoms with Crippen molar-refractivity contribution in [1.82, 2.24) is 5.32 Å². The van der Waals surface area contributed by atoms with Gasteiger partial charge in [-0.25, -0.2) is 0 Å². The van der Waals surface area contributed by atoms with Crippen molar-refractivity contribution in [3.8, 4) is 0 Å². The molecule has 0 aliphatic carbocycles. The van der Waals surface area contributed by atoms with Gasteiger partial charge in [-0.15, -0.1) is 0 Å². The van der Waals surface area contributed by atoms with Crippen molar-refractivity contribution >= 4 is 5.91 Å². The van der Waals surface area contributed by atoms with E-state index < -0.39 is 86.8 Å². The average molecular weight is 794 g/mol. The zero-order valence-corrected chi connectivity index (χ0v) is 33.9. The van der Waals surface area contributed by atoms with Gasteiger partial charge in [-0.05, 0) is 12.8 Å². The second kappa shape index (κ2) is 30.1. The Morgan fingerprint density at radius 2 is 1.04 bits per heavy atom. The summed E-state index contributed by atoms with van der Waals surface area (Å²) in [6, 6.07) is -0.816. The summed E-state index contributed by atoms with van der Waals surface area (Å²) in [4.78, 5) is 12.8. The number of carbonyl (C=O) groups is 1. The van der Waals surface area contributed by atoms with E-state index in [0.717, 1.165) is 38.5 Å². The maximum atomic E-state index is 12.8. The van der Waals surface area contributed by atoms with Gasteiger partial charge in [0, 0.05) is 6.42 Å². The predicted octanol–water partition coefficient (Wildman–Crippen LogP) is 3.48. The number of hydrogen-bond acceptors (Lipinski definition) is 13. The number of rotatable bonds is 32. The number of amides is 1. The molecule has 2 aliphatic rings. The zero-order valence-electron chi connectivity index (χ0n) is 33.9. The summed E-state index contributed by atoms with van der Waals surface area (Å²) < 4.78 is 22.5. The largest absolute Gasteiger partial charge is 0.394 e. The fraction of sp³-hybridized carbons (Fsp3) is 0.976. The minimum Gasteiger partial charge on any atom is -0.394 e. The average Bonchev–Trinajstić information content (AvgIpc) is 3.18. The van der Waals surface area contributed by atoms with E-state index >= 15 is 0 Å². The van der Waals surface area contributed by atoms with E-state index in [4.69, 9.17) is 18.9 Å². The molecule has 0 bridgehead atoms. The first-order chi connectivity index (χ1) is 26.6. The van der Waals surface area contributed by atoms with Crippen LogP contribution in [0.1, 0.15) is 162 Å². The van der Waals surface area contributed by atoms with Crippen LogP contribution in [0.3, 0.4) is 0 Å². The second-order valence-corrected chi connectivity index (χ2v) is 15.8. The molecule has 2 fully saturated rings. The second-order valence-electron chi connectivity index (χ2n) is 15.8. The minimum absolute atomic E-state index is 0.231. The summed E-state index contributed by atoms with van der Waals surface area (Å²) >= 11 is 0. The number of aliphatic hydroxyl groups is 8. The highest BCUT2D eigenvalue weighted by Gasteiger charge is 2.51. The highest BCUT2D eigenvalue weighted by atomic mass is 16.7. The maximum Gasteiger partial charge on any atom is 0.220 e. The fourth-order valence-corrected chi connectivity index (χ4v) is 7.41. The Morgan fingerprint density at radius 3 is 1.55 bits per heavy atom. The van der Waals surface area contributed by atoms with E-state index in [1.807, 2.05) is 6.92 Å². The SMILES string of the molecule is CCCCCCCCCCCCCCCCCCCCC(O)C(COC1OC(CO)C(OC2OC(CO)C(O)C(O)C2O)C(O)C1O)NC(=O)CCCCC. The number of carbonyl (C=O) groups excluding carboxylic acids is 1. The number of unbranched alkanes of at least 4 members (excludes halogenated alkanes) is 19. The molecule has 12 unspecified atom stereocenters. The summed E-state index contributed by atoms with van der Waals surface area (Å²) in [5.74, 6) is -0.231. The van der Waals surface area contributed by atoms with Gasteiger partial charge in [0.1, 0.15) is 48.8 Å². The van der Waals surface area contributed by atoms with Crippen molar-refractivity contribution < 1.29 is 64.6 Å². The van der Waals surface area contributed by atoms with Crippen LogP contribution < -0.4 is 5.32 Å². The van der Waals surface area contributed by atoms with E-state index in [-0.39, 0.29) is 12.5 Å². The van der Waals surface area contributed by atoms with Crippen molar-refractivity contribution in [2.75, 3.05) is 19.8 Å². The lowest BCUT2D eigenvalue weighted by Gasteiger charge is -2.46. The number of aliphatic hydroxyl groups excluding tert-OH is 8. The van der Waals surface area contributed by atoms with Gasteiger partial charge in [0.15, 0.2) is 12.6 Å². The number of nitrogens with one attached hydrogen (secondary N) is 1. The Kier molecular flexibility index (Phi) is 27.4. The van der Waals surface area contributed by atoms with Crippen LogP contribution in [-0.2, 0) is 23.7 Å². The summed E-state index contributed by atoms with van der Waals surface area (Å²) in [5, 5.41) is 86.0. The molecule has 1 amide bonds. The molecule has 2 rings (SSSR count). The third-order valence-corrected chi connectivity index (χ3v) is 11.1. The Bertz CT molecular complexity index is 946. The lowest BCUT2D eigenvalue weighted by atomic mass is 9.97. The minimum atomic E-state index is -1.78. The molecular weight excluding hydrogens is 714 g/mol. The smallest absolute Gasteiger partial charge is 0.220 e. The molecule has 2 aliphatic heterocycles. The molecule has 0 radical (unpaired) electrons. The Labute approximate surface area is 330 Å². The van der Waals surface area contributed by atoms with Gasteiger partial charge in [-0.3, -0.25) is 4.79 Å². The third kappa shape index (κ3) is 19.1. The number of hydrogen-bond donors (Lipinski definition) is 9. The summed E-state index contributed by atoms with van der Waals surface area (Å²) in [6.07, 6.45) is 9.33. The molecule has 2 heterocycles. The molecule has 14 heteroatoms. The van der Waals surface area contributed by atoms with Crippen LogP contribution in [-0.4, -0.2) is 140 Å². The molecular formula is C41H79NO13. The Hall–Kier alpha value is -1.01. The van der Waals surface area contributed by atoms with Gasteiger partial charge >= 0.3 is 0 Å². The van der Waals surface area contributed by atoms with Crippen LogP contribution in [0.4, 0.5) is 0 Å². The van der Waals surface area contributed by atoms with Crippen LogP contribution in [0.15, 0.2) is 0 Å². The Balaban J connectivity index is 1.76. The van der Waals surface area contributed by atoms with Crippen LogP contribution in [0, 0.1) is 0 Å². The van der Waals surface area contributed by atoms with E-state index in [1.54, 1.807) is 0 Å². The van der Waals surface area contributed by atoms with Crippen molar-refractivity contribution in [3.05, 3.63) is 0 Å². The molecule has 12 atom stereocenters. The first-order valence-electron chi connectivity index (χ1n) is 21.8. The summed E-state index contributed by atoms with van der Waals surface area (Å²) in [7, 11) is 0. The monoisotopic (exact) mass is 794 g/mol. The molecule has 0 aromatic rings. The molecule has 0 aromatic carbocycles. The van der Waals surface area contributed by atoms with Gasteiger partial charge in [-0.2, -0.15) is 0 Å². The molecule has 9 N–H and O–H groups in total. The Morgan fingerprint density at radius 1 is 0.582 bits per heavy atom. The molecule has 326 valence electrons. The lowest BCUT2D eigenvalue weighted by molar-refractivity contribution is -0.359. The number of ether oxygens (including phenoxy) is 4. The van der Waals surface area contributed by atoms with E-state index in [2.05, 4.69) is 12.2 Å². The van der Waals surface area contributed by atoms with Crippen molar-refractivity contribution in [2.45, 2.75) is 235 Å². The van der Waals surface area contributed by atoms with Crippen LogP contribution in [0.2, 0.25) is 0 Å². The van der Waals surface area contributed by atoms with Crippen LogP contribution in [0.25, 0.3) is 0 Å². The van der Waals surface area contributed by atoms with Gasteiger partial charge in [0.05, 0.1) is 32.0 Å². The molecule has 0 saturated carbocycles. The van der Waals surface area contributed by atoms with Crippen molar-refractivity contribution in [2.24, 2.45) is 0 Å². The molecule has 0 aromatic heterocycles. The van der Waals surface area contributed by atoms with Gasteiger partial charge in [0.25, 0.3) is 0 Å². The van der Waals surface area contributed by atoms with Crippen molar-refractivity contribution in [1.29, 1.82) is 0 Å². The third-order valence-electron chi connectivity index (χ3n) is 11.1. The molecule has 2 saturated heterocycles.